The predicted molar refractivity (Wildman–Crippen MR) is 172 cm³/mol. The van der Waals surface area contributed by atoms with E-state index in [1.165, 1.54) is 46.0 Å². The van der Waals surface area contributed by atoms with E-state index in [-0.39, 0.29) is 67.5 Å². The van der Waals surface area contributed by atoms with Crippen molar-refractivity contribution in [1.82, 2.24) is 34.2 Å². The number of rotatable bonds is 12. The molecule has 0 aromatic carbocycles. The maximum atomic E-state index is 13.1. The van der Waals surface area contributed by atoms with Crippen LogP contribution < -0.4 is 9.46 Å². The zero-order valence-corrected chi connectivity index (χ0v) is 29.7. The van der Waals surface area contributed by atoms with Gasteiger partial charge in [0.25, 0.3) is 15.9 Å². The molecule has 0 radical (unpaired) electrons. The van der Waals surface area contributed by atoms with Gasteiger partial charge in [-0.3, -0.25) is 9.48 Å². The lowest BCUT2D eigenvalue weighted by Crippen LogP contribution is -2.45. The van der Waals surface area contributed by atoms with Crippen LogP contribution in [-0.4, -0.2) is 93.0 Å². The van der Waals surface area contributed by atoms with Crippen LogP contribution in [0.15, 0.2) is 41.7 Å². The van der Waals surface area contributed by atoms with Gasteiger partial charge in [-0.2, -0.15) is 26.7 Å². The maximum Gasteiger partial charge on any atom is 0.410 e. The van der Waals surface area contributed by atoms with Crippen molar-refractivity contribution in [1.29, 1.82) is 0 Å². The molecular weight excluding hydrogens is 707 g/mol. The number of carbonyl (C=O) groups is 2. The fourth-order valence-corrected chi connectivity index (χ4v) is 6.64. The zero-order valence-electron chi connectivity index (χ0n) is 28.2. The van der Waals surface area contributed by atoms with Crippen LogP contribution in [-0.2, 0) is 26.0 Å². The first kappa shape index (κ1) is 37.4. The lowest BCUT2D eigenvalue weighted by molar-refractivity contribution is -0.190. The molecule has 1 aliphatic heterocycles. The number of pyridine rings is 1. The normalized spacial score (nSPS) is 18.6. The number of nitrogens with zero attached hydrogens (tertiary/aromatic N) is 6. The fraction of sp³-hybridized carbons (Fsp3) is 0.581. The SMILES string of the molecule is CC(C)(C)OC(=O)N1CC(OCCn2ccc(S(=O)(=O)NC(=O)c3ccc(-n4ccc(OCCC5(C(F)(F)F)CC5)n4)nc3Cl)n2)CC1(C)C. The Labute approximate surface area is 292 Å². The Balaban J connectivity index is 1.11. The lowest BCUT2D eigenvalue weighted by atomic mass is 10.0. The molecule has 4 heterocycles. The third kappa shape index (κ3) is 8.69. The topological polar surface area (TPSA) is 160 Å². The van der Waals surface area contributed by atoms with Crippen LogP contribution in [0.5, 0.6) is 5.88 Å². The highest BCUT2D eigenvalue weighted by atomic mass is 35.5. The zero-order chi connectivity index (χ0) is 36.7. The minimum Gasteiger partial charge on any atom is -0.477 e. The number of hydrogen-bond donors (Lipinski definition) is 1. The quantitative estimate of drug-likeness (QED) is 0.246. The molecule has 1 saturated heterocycles. The summed E-state index contributed by atoms with van der Waals surface area (Å²) in [6.07, 6.45) is -1.50. The van der Waals surface area contributed by atoms with E-state index in [4.69, 9.17) is 25.8 Å². The second-order valence-corrected chi connectivity index (χ2v) is 15.9. The molecule has 274 valence electrons. The summed E-state index contributed by atoms with van der Waals surface area (Å²) in [6.45, 7) is 9.83. The summed E-state index contributed by atoms with van der Waals surface area (Å²) in [4.78, 5) is 31.3. The molecule has 1 saturated carbocycles. The molecule has 1 aliphatic carbocycles. The lowest BCUT2D eigenvalue weighted by Gasteiger charge is -2.33. The van der Waals surface area contributed by atoms with Crippen molar-refractivity contribution in [3.63, 3.8) is 0 Å². The first-order valence-electron chi connectivity index (χ1n) is 15.8. The molecule has 5 rings (SSSR count). The smallest absolute Gasteiger partial charge is 0.410 e. The summed E-state index contributed by atoms with van der Waals surface area (Å²) in [7, 11) is -4.40. The van der Waals surface area contributed by atoms with Gasteiger partial charge in [-0.15, -0.1) is 5.10 Å². The van der Waals surface area contributed by atoms with Gasteiger partial charge in [0, 0.05) is 24.0 Å². The molecule has 3 aromatic heterocycles. The standard InChI is InChI=1S/C31H39ClF3N7O7S/c1-28(2,3)49-27(44)41-19-20(18-29(41,4)5)47-17-15-40-13-9-24(38-40)50(45,46)39-26(43)21-6-7-22(36-25(21)32)42-14-8-23(37-42)48-16-12-30(10-11-30)31(33,34)35/h6-9,13-14,20H,10-12,15-19H2,1-5H3,(H,39,43). The molecule has 14 nitrogen and oxygen atoms in total. The fourth-order valence-electron chi connectivity index (χ4n) is 5.50. The number of carbonyl (C=O) groups excluding carboxylic acids is 2. The van der Waals surface area contributed by atoms with E-state index in [1.807, 2.05) is 18.6 Å². The van der Waals surface area contributed by atoms with Crippen molar-refractivity contribution in [2.45, 2.75) is 95.3 Å². The van der Waals surface area contributed by atoms with Gasteiger partial charge >= 0.3 is 12.3 Å². The van der Waals surface area contributed by atoms with E-state index in [1.54, 1.807) is 25.7 Å². The number of hydrogen-bond acceptors (Lipinski definition) is 10. The first-order valence-corrected chi connectivity index (χ1v) is 17.7. The number of nitrogens with one attached hydrogen (secondary N) is 1. The molecule has 2 aliphatic rings. The molecule has 1 N–H and O–H groups in total. The Hall–Kier alpha value is -3.90. The average Bonchev–Trinajstić information content (AvgIpc) is 3.29. The van der Waals surface area contributed by atoms with Gasteiger partial charge in [0.1, 0.15) is 10.8 Å². The summed E-state index contributed by atoms with van der Waals surface area (Å²) < 4.78 is 86.7. The molecular formula is C31H39ClF3N7O7S. The first-order chi connectivity index (χ1) is 23.2. The van der Waals surface area contributed by atoms with Gasteiger partial charge in [-0.25, -0.2) is 19.2 Å². The Morgan fingerprint density at radius 3 is 2.42 bits per heavy atom. The third-order valence-corrected chi connectivity index (χ3v) is 9.92. The molecule has 50 heavy (non-hydrogen) atoms. The number of alkyl halides is 3. The molecule has 19 heteroatoms. The number of aromatic nitrogens is 5. The molecule has 1 atom stereocenters. The molecule has 3 aromatic rings. The van der Waals surface area contributed by atoms with Crippen molar-refractivity contribution in [3.05, 3.63) is 47.4 Å². The number of amides is 2. The highest BCUT2D eigenvalue weighted by Gasteiger charge is 2.62. The van der Waals surface area contributed by atoms with Gasteiger partial charge in [-0.05, 0) is 78.5 Å². The number of sulfonamides is 1. The minimum atomic E-state index is -4.40. The summed E-state index contributed by atoms with van der Waals surface area (Å²) in [5.74, 6) is -0.821. The Morgan fingerprint density at radius 1 is 1.06 bits per heavy atom. The van der Waals surface area contributed by atoms with Crippen LogP contribution in [0.1, 0.15) is 70.7 Å². The van der Waals surface area contributed by atoms with Crippen molar-refractivity contribution < 1.29 is 45.4 Å². The van der Waals surface area contributed by atoms with E-state index in [0.29, 0.717) is 13.0 Å². The Kier molecular flexibility index (Phi) is 10.2. The number of ether oxygens (including phenoxy) is 3. The van der Waals surface area contributed by atoms with Gasteiger partial charge in [-0.1, -0.05) is 11.6 Å². The van der Waals surface area contributed by atoms with E-state index in [0.717, 1.165) is 0 Å². The van der Waals surface area contributed by atoms with Gasteiger partial charge in [0.2, 0.25) is 5.88 Å². The van der Waals surface area contributed by atoms with Crippen molar-refractivity contribution in [3.8, 4) is 11.7 Å². The van der Waals surface area contributed by atoms with Crippen LogP contribution >= 0.6 is 11.6 Å². The Bertz CT molecular complexity index is 1840. The third-order valence-electron chi connectivity index (χ3n) is 8.41. The van der Waals surface area contributed by atoms with E-state index < -0.39 is 49.8 Å². The van der Waals surface area contributed by atoms with Crippen molar-refractivity contribution >= 4 is 33.6 Å². The summed E-state index contributed by atoms with van der Waals surface area (Å²) in [6, 6.07) is 5.28. The van der Waals surface area contributed by atoms with E-state index in [2.05, 4.69) is 15.2 Å². The van der Waals surface area contributed by atoms with Crippen LogP contribution in [0.4, 0.5) is 18.0 Å². The highest BCUT2D eigenvalue weighted by molar-refractivity contribution is 7.90. The second-order valence-electron chi connectivity index (χ2n) is 13.9. The molecule has 2 fully saturated rings. The monoisotopic (exact) mass is 745 g/mol. The van der Waals surface area contributed by atoms with Crippen LogP contribution in [0.25, 0.3) is 5.82 Å². The maximum absolute atomic E-state index is 13.1. The largest absolute Gasteiger partial charge is 0.477 e. The summed E-state index contributed by atoms with van der Waals surface area (Å²) in [5.41, 5.74) is -3.03. The molecule has 1 unspecified atom stereocenters. The average molecular weight is 746 g/mol. The van der Waals surface area contributed by atoms with Gasteiger partial charge in [0.15, 0.2) is 10.8 Å². The number of halogens is 4. The number of likely N-dealkylation sites (tertiary alicyclic amines) is 1. The summed E-state index contributed by atoms with van der Waals surface area (Å²) >= 11 is 6.22. The summed E-state index contributed by atoms with van der Waals surface area (Å²) in [5, 5.41) is 7.45. The Morgan fingerprint density at radius 2 is 1.78 bits per heavy atom. The van der Waals surface area contributed by atoms with Crippen molar-refractivity contribution in [2.24, 2.45) is 5.41 Å². The second kappa shape index (κ2) is 13.7. The van der Waals surface area contributed by atoms with Crippen LogP contribution in [0.2, 0.25) is 5.15 Å². The van der Waals surface area contributed by atoms with Gasteiger partial charge in [0.05, 0.1) is 43.4 Å². The van der Waals surface area contributed by atoms with E-state index >= 15 is 0 Å². The van der Waals surface area contributed by atoms with Crippen molar-refractivity contribution in [2.75, 3.05) is 19.8 Å². The van der Waals surface area contributed by atoms with Gasteiger partial charge < -0.3 is 19.1 Å². The highest BCUT2D eigenvalue weighted by Crippen LogP contribution is 2.59. The molecule has 2 amide bonds. The predicted octanol–water partition coefficient (Wildman–Crippen LogP) is 5.15. The minimum absolute atomic E-state index is 0.0761. The van der Waals surface area contributed by atoms with E-state index in [9.17, 15) is 31.2 Å². The molecule has 0 bridgehead atoms. The van der Waals surface area contributed by atoms with Crippen LogP contribution in [0.3, 0.4) is 0 Å². The van der Waals surface area contributed by atoms with Crippen LogP contribution in [0, 0.1) is 5.41 Å². The molecule has 0 spiro atoms.